The van der Waals surface area contributed by atoms with E-state index in [1.165, 1.54) is 22.5 Å². The maximum absolute atomic E-state index is 13.7. The van der Waals surface area contributed by atoms with Crippen LogP contribution in [0.5, 0.6) is 0 Å². The topological polar surface area (TPSA) is 77.5 Å². The van der Waals surface area contributed by atoms with Crippen LogP contribution in [0.15, 0.2) is 70.2 Å². The van der Waals surface area contributed by atoms with Gasteiger partial charge in [0.25, 0.3) is 10.0 Å². The summed E-state index contributed by atoms with van der Waals surface area (Å²) in [5, 5.41) is 8.97. The van der Waals surface area contributed by atoms with Gasteiger partial charge in [0.15, 0.2) is 0 Å². The van der Waals surface area contributed by atoms with Crippen molar-refractivity contribution in [1.82, 2.24) is 9.21 Å². The predicted octanol–water partition coefficient (Wildman–Crippen LogP) is 4.28. The Morgan fingerprint density at radius 1 is 0.969 bits per heavy atom. The van der Waals surface area contributed by atoms with Crippen LogP contribution in [-0.4, -0.2) is 30.7 Å². The lowest BCUT2D eigenvalue weighted by molar-refractivity contribution is 0.219. The summed E-state index contributed by atoms with van der Waals surface area (Å²) >= 11 is 0. The van der Waals surface area contributed by atoms with Crippen LogP contribution in [0.2, 0.25) is 0 Å². The largest absolute Gasteiger partial charge is 0.447 e. The van der Waals surface area contributed by atoms with Crippen molar-refractivity contribution in [2.45, 2.75) is 37.6 Å². The third-order valence-corrected chi connectivity index (χ3v) is 7.23. The van der Waals surface area contributed by atoms with Gasteiger partial charge < -0.3 is 4.42 Å². The van der Waals surface area contributed by atoms with E-state index < -0.39 is 10.0 Å². The molecule has 1 aromatic heterocycles. The number of furan rings is 1. The van der Waals surface area contributed by atoms with Crippen LogP contribution in [0.25, 0.3) is 0 Å². The highest BCUT2D eigenvalue weighted by molar-refractivity contribution is 7.89. The van der Waals surface area contributed by atoms with Crippen LogP contribution in [0, 0.1) is 17.1 Å². The van der Waals surface area contributed by atoms with E-state index in [0.29, 0.717) is 44.0 Å². The summed E-state index contributed by atoms with van der Waals surface area (Å²) in [6.07, 6.45) is 1.72. The smallest absolute Gasteiger partial charge is 0.276 e. The minimum atomic E-state index is -3.62. The van der Waals surface area contributed by atoms with Crippen molar-refractivity contribution < 1.29 is 17.2 Å². The molecule has 1 aliphatic heterocycles. The zero-order chi connectivity index (χ0) is 22.6. The van der Waals surface area contributed by atoms with Gasteiger partial charge in [-0.3, -0.25) is 4.90 Å². The van der Waals surface area contributed by atoms with Crippen LogP contribution >= 0.6 is 0 Å². The summed E-state index contributed by atoms with van der Waals surface area (Å²) < 4.78 is 46.4. The Balaban J connectivity index is 1.54. The number of rotatable bonds is 8. The molecule has 0 saturated carbocycles. The van der Waals surface area contributed by atoms with Crippen LogP contribution in [-0.2, 0) is 29.7 Å². The first-order valence-corrected chi connectivity index (χ1v) is 11.9. The molecule has 2 heterocycles. The highest BCUT2D eigenvalue weighted by Gasteiger charge is 2.30. The molecule has 1 aliphatic rings. The predicted molar refractivity (Wildman–Crippen MR) is 117 cm³/mol. The minimum absolute atomic E-state index is 0.0431. The summed E-state index contributed by atoms with van der Waals surface area (Å²) in [6, 6.07) is 18.9. The Morgan fingerprint density at radius 2 is 1.69 bits per heavy atom. The third-order valence-electron chi connectivity index (χ3n) is 5.46. The second kappa shape index (κ2) is 9.65. The van der Waals surface area contributed by atoms with Gasteiger partial charge in [0, 0.05) is 26.2 Å². The van der Waals surface area contributed by atoms with Crippen molar-refractivity contribution in [3.05, 3.63) is 88.9 Å². The number of hydrogen-bond acceptors (Lipinski definition) is 5. The van der Waals surface area contributed by atoms with E-state index in [1.54, 1.807) is 24.3 Å². The lowest BCUT2D eigenvalue weighted by atomic mass is 10.1. The standard InChI is InChI=1S/C24H24FN3O3S/c25-22-5-3-4-21(14-22)17-27(16-20-8-6-19(15-26)7-9-20)18-23-10-11-24(31-23)32(29,30)28-12-1-2-13-28/h3-11,14H,1-2,12-13,16-18H2. The van der Waals surface area contributed by atoms with Gasteiger partial charge >= 0.3 is 0 Å². The summed E-state index contributed by atoms with van der Waals surface area (Å²) in [7, 11) is -3.62. The molecule has 0 bridgehead atoms. The Bertz CT molecular complexity index is 1210. The van der Waals surface area contributed by atoms with Gasteiger partial charge in [0.05, 0.1) is 18.2 Å². The minimum Gasteiger partial charge on any atom is -0.447 e. The second-order valence-corrected chi connectivity index (χ2v) is 9.78. The average molecular weight is 454 g/mol. The van der Waals surface area contributed by atoms with E-state index in [4.69, 9.17) is 9.68 Å². The highest BCUT2D eigenvalue weighted by Crippen LogP contribution is 2.24. The normalized spacial score (nSPS) is 14.7. The summed E-state index contributed by atoms with van der Waals surface area (Å²) in [6.45, 7) is 2.36. The van der Waals surface area contributed by atoms with Gasteiger partial charge in [-0.2, -0.15) is 9.57 Å². The van der Waals surface area contributed by atoms with Gasteiger partial charge in [-0.05, 0) is 60.4 Å². The van der Waals surface area contributed by atoms with Gasteiger partial charge in [-0.15, -0.1) is 0 Å². The summed E-state index contributed by atoms with van der Waals surface area (Å²) in [5.74, 6) is 0.214. The molecular formula is C24H24FN3O3S. The van der Waals surface area contributed by atoms with Gasteiger partial charge in [0.1, 0.15) is 11.6 Å². The molecule has 0 atom stereocenters. The second-order valence-electron chi connectivity index (χ2n) is 7.92. The Morgan fingerprint density at radius 3 is 2.38 bits per heavy atom. The first-order chi connectivity index (χ1) is 15.4. The van der Waals surface area contributed by atoms with Crippen molar-refractivity contribution in [3.8, 4) is 6.07 Å². The molecule has 166 valence electrons. The fourth-order valence-electron chi connectivity index (χ4n) is 3.86. The monoisotopic (exact) mass is 453 g/mol. The van der Waals surface area contributed by atoms with E-state index in [0.717, 1.165) is 24.0 Å². The van der Waals surface area contributed by atoms with E-state index in [2.05, 4.69) is 6.07 Å². The summed E-state index contributed by atoms with van der Waals surface area (Å²) in [4.78, 5) is 2.04. The maximum atomic E-state index is 13.7. The first kappa shape index (κ1) is 22.2. The third kappa shape index (κ3) is 5.25. The van der Waals surface area contributed by atoms with Crippen molar-refractivity contribution in [3.63, 3.8) is 0 Å². The molecule has 4 rings (SSSR count). The molecule has 0 spiro atoms. The molecule has 32 heavy (non-hydrogen) atoms. The molecule has 0 unspecified atom stereocenters. The van der Waals surface area contributed by atoms with E-state index in [1.807, 2.05) is 23.1 Å². The molecule has 0 N–H and O–H groups in total. The zero-order valence-electron chi connectivity index (χ0n) is 17.6. The molecule has 0 aliphatic carbocycles. The molecular weight excluding hydrogens is 429 g/mol. The van der Waals surface area contributed by atoms with Crippen molar-refractivity contribution in [1.29, 1.82) is 5.26 Å². The van der Waals surface area contributed by atoms with Crippen molar-refractivity contribution in [2.24, 2.45) is 0 Å². The van der Waals surface area contributed by atoms with E-state index in [9.17, 15) is 12.8 Å². The fourth-order valence-corrected chi connectivity index (χ4v) is 5.31. The van der Waals surface area contributed by atoms with E-state index >= 15 is 0 Å². The number of hydrogen-bond donors (Lipinski definition) is 0. The number of halogens is 1. The Hall–Kier alpha value is -2.99. The van der Waals surface area contributed by atoms with Crippen LogP contribution < -0.4 is 0 Å². The lowest BCUT2D eigenvalue weighted by Crippen LogP contribution is -2.27. The maximum Gasteiger partial charge on any atom is 0.276 e. The number of nitrogens with zero attached hydrogens (tertiary/aromatic N) is 3. The van der Waals surface area contributed by atoms with Crippen molar-refractivity contribution in [2.75, 3.05) is 13.1 Å². The molecule has 3 aromatic rings. The number of sulfonamides is 1. The summed E-state index contributed by atoms with van der Waals surface area (Å²) in [5.41, 5.74) is 2.36. The van der Waals surface area contributed by atoms with Gasteiger partial charge in [-0.1, -0.05) is 24.3 Å². The Kier molecular flexibility index (Phi) is 6.70. The van der Waals surface area contributed by atoms with Gasteiger partial charge in [-0.25, -0.2) is 12.8 Å². The highest BCUT2D eigenvalue weighted by atomic mass is 32.2. The lowest BCUT2D eigenvalue weighted by Gasteiger charge is -2.22. The van der Waals surface area contributed by atoms with Crippen LogP contribution in [0.4, 0.5) is 4.39 Å². The molecule has 8 heteroatoms. The molecule has 2 aromatic carbocycles. The quantitative estimate of drug-likeness (QED) is 0.509. The molecule has 6 nitrogen and oxygen atoms in total. The SMILES string of the molecule is N#Cc1ccc(CN(Cc2cccc(F)c2)Cc2ccc(S(=O)(=O)N3CCCC3)o2)cc1. The van der Waals surface area contributed by atoms with Crippen LogP contribution in [0.1, 0.15) is 35.3 Å². The molecule has 0 amide bonds. The molecule has 1 fully saturated rings. The molecule has 1 saturated heterocycles. The number of benzene rings is 2. The van der Waals surface area contributed by atoms with Gasteiger partial charge in [0.2, 0.25) is 5.09 Å². The molecule has 0 radical (unpaired) electrons. The first-order valence-electron chi connectivity index (χ1n) is 10.5. The number of nitriles is 1. The van der Waals surface area contributed by atoms with Crippen LogP contribution in [0.3, 0.4) is 0 Å². The zero-order valence-corrected chi connectivity index (χ0v) is 18.4. The Labute approximate surface area is 187 Å². The van der Waals surface area contributed by atoms with E-state index in [-0.39, 0.29) is 10.9 Å². The fraction of sp³-hybridized carbons (Fsp3) is 0.292. The van der Waals surface area contributed by atoms with Crippen molar-refractivity contribution >= 4 is 10.0 Å². The average Bonchev–Trinajstić information content (AvgIpc) is 3.47.